The number of rotatable bonds is 4. The van der Waals surface area contributed by atoms with Crippen LogP contribution in [-0.4, -0.2) is 0 Å². The SMILES string of the molecule is CC12CC3(C)CC(c4ccc(C56CC7(C)CC(C)(C5)CC(c5ccc(C#Cc8ccccc8)c(C#Cc8ccccc8)c5)(C7)C6)cc4)(C1)CC(c1ccc(C#Cc4ccccc4)c(C#Cc4ccccc4)c1)(C2)C3. The molecular weight excluding hydrogens is 889 g/mol. The highest BCUT2D eigenvalue weighted by molar-refractivity contribution is 5.59. The van der Waals surface area contributed by atoms with E-state index in [0.717, 1.165) is 44.5 Å². The van der Waals surface area contributed by atoms with Crippen LogP contribution in [0.15, 0.2) is 182 Å². The standard InChI is InChI=1S/C74H66/c1-67-43-68(2)46-71(45-67,53-73(49-67,50-68)65-35-33-59(29-25-55-17-9-5-10-18-55)61(41-65)31-27-57-21-13-7-14-22-57)63-37-39-64(40-38-63)72-47-69(3)44-70(4,48-72)52-74(51-69,54-72)66-36-34-60(30-26-56-19-11-6-12-20-56)62(42-66)32-28-58-23-15-8-16-24-58/h5-24,33-42H,43-54H2,1-4H3. The van der Waals surface area contributed by atoms with Crippen LogP contribution in [-0.2, 0) is 21.7 Å². The Morgan fingerprint density at radius 3 is 0.757 bits per heavy atom. The van der Waals surface area contributed by atoms with Crippen molar-refractivity contribution in [2.75, 3.05) is 0 Å². The zero-order valence-electron chi connectivity index (χ0n) is 43.8. The van der Waals surface area contributed by atoms with Gasteiger partial charge in [0.15, 0.2) is 0 Å². The zero-order valence-corrected chi connectivity index (χ0v) is 43.8. The minimum Gasteiger partial charge on any atom is -0.0622 e. The minimum absolute atomic E-state index is 0.0774. The Kier molecular flexibility index (Phi) is 10.8. The topological polar surface area (TPSA) is 0 Å². The molecule has 7 aromatic carbocycles. The van der Waals surface area contributed by atoms with Crippen LogP contribution in [0.2, 0.25) is 0 Å². The van der Waals surface area contributed by atoms with E-state index >= 15 is 0 Å². The van der Waals surface area contributed by atoms with Gasteiger partial charge in [-0.25, -0.2) is 0 Å². The summed E-state index contributed by atoms with van der Waals surface area (Å²) < 4.78 is 0. The molecule has 0 aromatic heterocycles. The molecule has 4 unspecified atom stereocenters. The maximum atomic E-state index is 3.64. The molecule has 0 aliphatic heterocycles. The molecule has 8 bridgehead atoms. The van der Waals surface area contributed by atoms with Gasteiger partial charge in [-0.1, -0.05) is 184 Å². The molecule has 8 fully saturated rings. The van der Waals surface area contributed by atoms with Crippen molar-refractivity contribution in [1.82, 2.24) is 0 Å². The lowest BCUT2D eigenvalue weighted by molar-refractivity contribution is -0.128. The van der Waals surface area contributed by atoms with Crippen LogP contribution in [0, 0.1) is 69.0 Å². The quantitative estimate of drug-likeness (QED) is 0.154. The molecule has 15 rings (SSSR count). The van der Waals surface area contributed by atoms with Crippen molar-refractivity contribution in [3.05, 3.63) is 249 Å². The molecule has 0 heteroatoms. The van der Waals surface area contributed by atoms with E-state index < -0.39 is 0 Å². The molecule has 0 amide bonds. The third kappa shape index (κ3) is 8.43. The maximum absolute atomic E-state index is 3.64. The van der Waals surface area contributed by atoms with Crippen molar-refractivity contribution in [3.63, 3.8) is 0 Å². The highest BCUT2D eigenvalue weighted by Gasteiger charge is 2.68. The van der Waals surface area contributed by atoms with Crippen molar-refractivity contribution >= 4 is 0 Å². The average Bonchev–Trinajstić information content (AvgIpc) is 3.44. The molecule has 8 saturated carbocycles. The van der Waals surface area contributed by atoms with Gasteiger partial charge in [-0.2, -0.15) is 0 Å². The number of hydrogen-bond donors (Lipinski definition) is 0. The van der Waals surface area contributed by atoms with Gasteiger partial charge in [0.25, 0.3) is 0 Å². The van der Waals surface area contributed by atoms with Crippen LogP contribution in [0.3, 0.4) is 0 Å². The van der Waals surface area contributed by atoms with E-state index in [1.54, 1.807) is 11.1 Å². The third-order valence-electron chi connectivity index (χ3n) is 19.0. The molecule has 0 N–H and O–H groups in total. The van der Waals surface area contributed by atoms with Gasteiger partial charge in [-0.05, 0) is 215 Å². The third-order valence-corrected chi connectivity index (χ3v) is 19.0. The smallest absolute Gasteiger partial charge is 0.0408 e. The highest BCUT2D eigenvalue weighted by atomic mass is 14.7. The molecule has 0 heterocycles. The van der Waals surface area contributed by atoms with Gasteiger partial charge >= 0.3 is 0 Å². The summed E-state index contributed by atoms with van der Waals surface area (Å²) in [6.45, 7) is 10.5. The normalized spacial score (nSPS) is 31.4. The van der Waals surface area contributed by atoms with Crippen molar-refractivity contribution < 1.29 is 0 Å². The number of benzene rings is 7. The molecule has 0 spiro atoms. The lowest BCUT2D eigenvalue weighted by Crippen LogP contribution is -2.63. The highest BCUT2D eigenvalue weighted by Crippen LogP contribution is 2.76. The molecule has 0 radical (unpaired) electrons. The van der Waals surface area contributed by atoms with Crippen LogP contribution >= 0.6 is 0 Å². The molecule has 8 aliphatic rings. The Hall–Kier alpha value is -7.22. The predicted octanol–water partition coefficient (Wildman–Crippen LogP) is 16.4. The fourth-order valence-corrected chi connectivity index (χ4v) is 18.6. The molecular formula is C74H66. The Morgan fingerprint density at radius 2 is 0.473 bits per heavy atom. The van der Waals surface area contributed by atoms with E-state index in [1.807, 2.05) is 12.1 Å². The molecule has 74 heavy (non-hydrogen) atoms. The first-order chi connectivity index (χ1) is 35.7. The predicted molar refractivity (Wildman–Crippen MR) is 304 cm³/mol. The van der Waals surface area contributed by atoms with Gasteiger partial charge in [-0.15, -0.1) is 0 Å². The summed E-state index contributed by atoms with van der Waals surface area (Å²) in [5.41, 5.74) is 15.7. The van der Waals surface area contributed by atoms with Crippen LogP contribution in [0.4, 0.5) is 0 Å². The summed E-state index contributed by atoms with van der Waals surface area (Å²) in [6, 6.07) is 66.4. The van der Waals surface area contributed by atoms with Gasteiger partial charge in [-0.3, -0.25) is 0 Å². The lowest BCUT2D eigenvalue weighted by Gasteiger charge is -2.70. The number of hydrogen-bond acceptors (Lipinski definition) is 0. The van der Waals surface area contributed by atoms with Crippen molar-refractivity contribution in [2.45, 2.75) is 126 Å². The Bertz CT molecular complexity index is 3310. The summed E-state index contributed by atoms with van der Waals surface area (Å²) in [5.74, 6) is 28.3. The van der Waals surface area contributed by atoms with Gasteiger partial charge in [0.05, 0.1) is 0 Å². The summed E-state index contributed by atoms with van der Waals surface area (Å²) in [7, 11) is 0. The fourth-order valence-electron chi connectivity index (χ4n) is 18.6. The van der Waals surface area contributed by atoms with Gasteiger partial charge in [0, 0.05) is 44.5 Å². The molecule has 7 aromatic rings. The second kappa shape index (κ2) is 17.2. The van der Waals surface area contributed by atoms with E-state index in [9.17, 15) is 0 Å². The molecule has 4 atom stereocenters. The van der Waals surface area contributed by atoms with Crippen LogP contribution in [0.5, 0.6) is 0 Å². The largest absolute Gasteiger partial charge is 0.0622 e. The van der Waals surface area contributed by atoms with E-state index in [1.165, 1.54) is 88.2 Å². The van der Waals surface area contributed by atoms with Crippen LogP contribution in [0.1, 0.15) is 172 Å². The lowest BCUT2D eigenvalue weighted by atomic mass is 9.34. The van der Waals surface area contributed by atoms with E-state index in [-0.39, 0.29) is 43.3 Å². The maximum Gasteiger partial charge on any atom is 0.0408 e. The first-order valence-electron chi connectivity index (χ1n) is 27.4. The van der Waals surface area contributed by atoms with Gasteiger partial charge in [0.1, 0.15) is 0 Å². The molecule has 8 aliphatic carbocycles. The first-order valence-corrected chi connectivity index (χ1v) is 27.4. The van der Waals surface area contributed by atoms with Crippen LogP contribution in [0.25, 0.3) is 0 Å². The fraction of sp³-hybridized carbons (Fsp3) is 0.324. The van der Waals surface area contributed by atoms with E-state index in [2.05, 4.69) is 245 Å². The summed E-state index contributed by atoms with van der Waals surface area (Å²) in [6.07, 6.45) is 15.0. The zero-order chi connectivity index (χ0) is 50.3. The first kappa shape index (κ1) is 46.6. The molecule has 0 nitrogen and oxygen atoms in total. The van der Waals surface area contributed by atoms with Gasteiger partial charge < -0.3 is 0 Å². The van der Waals surface area contributed by atoms with Crippen molar-refractivity contribution in [3.8, 4) is 47.4 Å². The molecule has 362 valence electrons. The Labute approximate surface area is 441 Å². The van der Waals surface area contributed by atoms with E-state index in [4.69, 9.17) is 0 Å². The summed E-state index contributed by atoms with van der Waals surface area (Å²) >= 11 is 0. The van der Waals surface area contributed by atoms with E-state index in [0.29, 0.717) is 0 Å². The van der Waals surface area contributed by atoms with Crippen molar-refractivity contribution in [1.29, 1.82) is 0 Å². The second-order valence-electron chi connectivity index (χ2n) is 26.0. The Balaban J connectivity index is 0.851. The molecule has 0 saturated heterocycles. The Morgan fingerprint density at radius 1 is 0.230 bits per heavy atom. The monoisotopic (exact) mass is 955 g/mol. The van der Waals surface area contributed by atoms with Crippen LogP contribution < -0.4 is 0 Å². The summed E-state index contributed by atoms with van der Waals surface area (Å²) in [5, 5.41) is 0. The average molecular weight is 955 g/mol. The van der Waals surface area contributed by atoms with Gasteiger partial charge in [0.2, 0.25) is 0 Å². The second-order valence-corrected chi connectivity index (χ2v) is 26.0. The minimum atomic E-state index is 0.0774. The summed E-state index contributed by atoms with van der Waals surface area (Å²) in [4.78, 5) is 0. The van der Waals surface area contributed by atoms with Crippen molar-refractivity contribution in [2.24, 2.45) is 21.7 Å².